The zero-order valence-corrected chi connectivity index (χ0v) is 14.3. The number of ketones is 1. The number of hydrogen-bond acceptors (Lipinski definition) is 5. The van der Waals surface area contributed by atoms with Crippen LogP contribution < -0.4 is 0 Å². The number of carbonyl (C=O) groups excluding carboxylic acids is 1. The molecule has 0 spiro atoms. The van der Waals surface area contributed by atoms with Gasteiger partial charge in [-0.2, -0.15) is 5.26 Å². The average molecular weight is 337 g/mol. The van der Waals surface area contributed by atoms with Crippen molar-refractivity contribution in [2.45, 2.75) is 34.6 Å². The van der Waals surface area contributed by atoms with Crippen LogP contribution in [-0.2, 0) is 4.79 Å². The molecule has 0 aliphatic rings. The second-order valence-corrected chi connectivity index (χ2v) is 6.58. The number of aliphatic hydroxyl groups is 1. The van der Waals surface area contributed by atoms with Crippen molar-refractivity contribution in [2.75, 3.05) is 0 Å². The first-order chi connectivity index (χ1) is 10.4. The molecule has 0 aromatic heterocycles. The Balaban J connectivity index is 3.82. The highest BCUT2D eigenvalue weighted by molar-refractivity contribution is 6.32. The topological polar surface area (TPSA) is 104 Å². The maximum absolute atomic E-state index is 12.3. The number of aliphatic hydroxyl groups excluding tert-OH is 1. The fourth-order valence-corrected chi connectivity index (χ4v) is 2.23. The van der Waals surface area contributed by atoms with Gasteiger partial charge in [-0.1, -0.05) is 32.4 Å². The van der Waals surface area contributed by atoms with Gasteiger partial charge in [-0.05, 0) is 25.5 Å². The summed E-state index contributed by atoms with van der Waals surface area (Å²) in [5.74, 6) is -1.31. The van der Waals surface area contributed by atoms with Crippen LogP contribution >= 0.6 is 11.6 Å². The summed E-state index contributed by atoms with van der Waals surface area (Å²) in [5.41, 5.74) is -1.38. The quantitative estimate of drug-likeness (QED) is 0.292. The third-order valence-electron chi connectivity index (χ3n) is 3.34. The van der Waals surface area contributed by atoms with Crippen molar-refractivity contribution in [2.24, 2.45) is 5.41 Å². The van der Waals surface area contributed by atoms with Gasteiger partial charge in [0.2, 0.25) is 0 Å². The molecule has 0 unspecified atom stereocenters. The first kappa shape index (κ1) is 18.7. The predicted octanol–water partition coefficient (Wildman–Crippen LogP) is 4.27. The Kier molecular flexibility index (Phi) is 5.18. The molecule has 1 aromatic rings. The lowest BCUT2D eigenvalue weighted by molar-refractivity contribution is -0.385. The average Bonchev–Trinajstić information content (AvgIpc) is 2.43. The van der Waals surface area contributed by atoms with Gasteiger partial charge in [0.1, 0.15) is 11.6 Å². The van der Waals surface area contributed by atoms with Crippen LogP contribution in [0.3, 0.4) is 0 Å². The van der Waals surface area contributed by atoms with Crippen molar-refractivity contribution in [1.29, 1.82) is 5.26 Å². The predicted molar refractivity (Wildman–Crippen MR) is 87.2 cm³/mol. The molecule has 6 nitrogen and oxygen atoms in total. The van der Waals surface area contributed by atoms with E-state index >= 15 is 0 Å². The van der Waals surface area contributed by atoms with Crippen LogP contribution in [-0.4, -0.2) is 15.8 Å². The summed E-state index contributed by atoms with van der Waals surface area (Å²) in [6.45, 7) is 7.83. The van der Waals surface area contributed by atoms with Crippen LogP contribution in [0, 0.1) is 40.7 Å². The summed E-state index contributed by atoms with van der Waals surface area (Å²) in [6, 6.07) is 2.95. The summed E-state index contributed by atoms with van der Waals surface area (Å²) in [7, 11) is 0. The monoisotopic (exact) mass is 336 g/mol. The summed E-state index contributed by atoms with van der Waals surface area (Å²) in [4.78, 5) is 22.9. The molecular formula is C16H17ClN2O4. The van der Waals surface area contributed by atoms with E-state index in [9.17, 15) is 25.3 Å². The maximum atomic E-state index is 12.3. The molecule has 1 N–H and O–H groups in total. The number of hydrogen-bond donors (Lipinski definition) is 1. The van der Waals surface area contributed by atoms with Crippen molar-refractivity contribution in [1.82, 2.24) is 0 Å². The molecule has 0 radical (unpaired) electrons. The van der Waals surface area contributed by atoms with Crippen molar-refractivity contribution < 1.29 is 14.8 Å². The Morgan fingerprint density at radius 2 is 1.91 bits per heavy atom. The lowest BCUT2D eigenvalue weighted by Gasteiger charge is -2.17. The molecule has 0 aliphatic heterocycles. The molecule has 0 atom stereocenters. The highest BCUT2D eigenvalue weighted by Gasteiger charge is 2.32. The number of Topliss-reactive ketones (excluding diaryl/α,β-unsaturated/α-hetero) is 1. The van der Waals surface area contributed by atoms with Gasteiger partial charge in [-0.15, -0.1) is 0 Å². The number of nitro groups is 1. The van der Waals surface area contributed by atoms with Gasteiger partial charge in [0.05, 0.1) is 15.5 Å². The SMILES string of the molecule is Cc1cc(/C(O)=C(\C#N)C(=O)C(C)(C)C)c([N+](=O)[O-])c(C)c1Cl. The van der Waals surface area contributed by atoms with Gasteiger partial charge in [-0.25, -0.2) is 0 Å². The van der Waals surface area contributed by atoms with Crippen LogP contribution in [0.5, 0.6) is 0 Å². The number of carbonyl (C=O) groups is 1. The minimum absolute atomic E-state index is 0.165. The van der Waals surface area contributed by atoms with Crippen LogP contribution in [0.15, 0.2) is 11.6 Å². The second kappa shape index (κ2) is 6.39. The minimum Gasteiger partial charge on any atom is -0.506 e. The van der Waals surface area contributed by atoms with Gasteiger partial charge in [0.15, 0.2) is 11.5 Å². The Bertz CT molecular complexity index is 768. The highest BCUT2D eigenvalue weighted by Crippen LogP contribution is 2.37. The van der Waals surface area contributed by atoms with Gasteiger partial charge >= 0.3 is 0 Å². The normalized spacial score (nSPS) is 12.4. The van der Waals surface area contributed by atoms with Gasteiger partial charge in [-0.3, -0.25) is 14.9 Å². The Morgan fingerprint density at radius 3 is 2.30 bits per heavy atom. The maximum Gasteiger partial charge on any atom is 0.284 e. The third kappa shape index (κ3) is 3.51. The Morgan fingerprint density at radius 1 is 1.39 bits per heavy atom. The van der Waals surface area contributed by atoms with E-state index in [0.29, 0.717) is 5.56 Å². The van der Waals surface area contributed by atoms with E-state index in [1.54, 1.807) is 33.8 Å². The smallest absolute Gasteiger partial charge is 0.284 e. The number of rotatable bonds is 3. The highest BCUT2D eigenvalue weighted by atomic mass is 35.5. The lowest BCUT2D eigenvalue weighted by Crippen LogP contribution is -2.22. The number of nitro benzene ring substituents is 1. The fourth-order valence-electron chi connectivity index (χ4n) is 2.09. The summed E-state index contributed by atoms with van der Waals surface area (Å²) < 4.78 is 0. The molecule has 23 heavy (non-hydrogen) atoms. The number of benzene rings is 1. The Hall–Kier alpha value is -2.39. The van der Waals surface area contributed by atoms with Gasteiger partial charge in [0.25, 0.3) is 5.69 Å². The molecule has 0 saturated carbocycles. The molecule has 0 saturated heterocycles. The van der Waals surface area contributed by atoms with Crippen LogP contribution in [0.2, 0.25) is 5.02 Å². The molecule has 0 bridgehead atoms. The number of nitrogens with zero attached hydrogens (tertiary/aromatic N) is 2. The molecule has 1 rings (SSSR count). The Labute approximate surface area is 139 Å². The van der Waals surface area contributed by atoms with Gasteiger partial charge in [0, 0.05) is 11.0 Å². The molecule has 122 valence electrons. The van der Waals surface area contributed by atoms with E-state index in [1.165, 1.54) is 13.0 Å². The van der Waals surface area contributed by atoms with Crippen molar-refractivity contribution >= 4 is 28.8 Å². The largest absolute Gasteiger partial charge is 0.506 e. The standard InChI is InChI=1S/C16H17ClN2O4/c1-8-6-10(13(19(22)23)9(2)12(8)17)14(20)11(7-18)15(21)16(3,4)5/h6,20H,1-5H3/b14-11-. The van der Waals surface area contributed by atoms with E-state index in [2.05, 4.69) is 0 Å². The zero-order valence-electron chi connectivity index (χ0n) is 13.5. The van der Waals surface area contributed by atoms with Crippen LogP contribution in [0.4, 0.5) is 5.69 Å². The van der Waals surface area contributed by atoms with E-state index in [-0.39, 0.29) is 16.1 Å². The van der Waals surface area contributed by atoms with Crippen LogP contribution in [0.25, 0.3) is 5.76 Å². The molecule has 0 aliphatic carbocycles. The summed E-state index contributed by atoms with van der Waals surface area (Å²) in [5, 5.41) is 31.1. The number of aryl methyl sites for hydroxylation is 1. The zero-order chi connectivity index (χ0) is 18.1. The number of halogens is 1. The number of nitriles is 1. The van der Waals surface area contributed by atoms with E-state index in [4.69, 9.17) is 11.6 Å². The molecule has 0 fully saturated rings. The minimum atomic E-state index is -0.912. The van der Waals surface area contributed by atoms with E-state index in [1.807, 2.05) is 0 Å². The third-order valence-corrected chi connectivity index (χ3v) is 3.92. The molecular weight excluding hydrogens is 320 g/mol. The summed E-state index contributed by atoms with van der Waals surface area (Å²) in [6.07, 6.45) is 0. The summed E-state index contributed by atoms with van der Waals surface area (Å²) >= 11 is 6.02. The second-order valence-electron chi connectivity index (χ2n) is 6.20. The first-order valence-corrected chi connectivity index (χ1v) is 7.13. The molecule has 0 heterocycles. The van der Waals surface area contributed by atoms with Gasteiger partial charge < -0.3 is 5.11 Å². The molecule has 7 heteroatoms. The van der Waals surface area contributed by atoms with E-state index < -0.39 is 33.1 Å². The number of allylic oxidation sites excluding steroid dienone is 1. The van der Waals surface area contributed by atoms with Crippen LogP contribution in [0.1, 0.15) is 37.5 Å². The first-order valence-electron chi connectivity index (χ1n) is 6.76. The van der Waals surface area contributed by atoms with Crippen molar-refractivity contribution in [3.05, 3.63) is 43.5 Å². The lowest BCUT2D eigenvalue weighted by atomic mass is 9.85. The fraction of sp³-hybridized carbons (Fsp3) is 0.375. The van der Waals surface area contributed by atoms with Crippen molar-refractivity contribution in [3.8, 4) is 6.07 Å². The van der Waals surface area contributed by atoms with Crippen molar-refractivity contribution in [3.63, 3.8) is 0 Å². The molecule has 0 amide bonds. The van der Waals surface area contributed by atoms with E-state index in [0.717, 1.165) is 0 Å². The molecule has 1 aromatic carbocycles.